The van der Waals surface area contributed by atoms with Crippen molar-refractivity contribution in [2.45, 2.75) is 90.9 Å². The number of aromatic nitrogens is 4. The van der Waals surface area contributed by atoms with E-state index in [2.05, 4.69) is 53.1 Å². The molecular formula is C26H37N7O2. The number of esters is 1. The van der Waals surface area contributed by atoms with Gasteiger partial charge >= 0.3 is 5.97 Å². The van der Waals surface area contributed by atoms with Crippen LogP contribution in [0.2, 0.25) is 0 Å². The number of benzene rings is 1. The maximum absolute atomic E-state index is 11.3. The second kappa shape index (κ2) is 10.6. The molecule has 0 saturated heterocycles. The zero-order valence-corrected chi connectivity index (χ0v) is 21.3. The molecule has 2 unspecified atom stereocenters. The third-order valence-electron chi connectivity index (χ3n) is 6.45. The van der Waals surface area contributed by atoms with E-state index in [1.54, 1.807) is 6.07 Å². The van der Waals surface area contributed by atoms with E-state index in [9.17, 15) is 4.79 Å². The van der Waals surface area contributed by atoms with Crippen LogP contribution in [0, 0.1) is 0 Å². The molecule has 0 bridgehead atoms. The van der Waals surface area contributed by atoms with Gasteiger partial charge in [0.05, 0.1) is 11.4 Å². The molecule has 35 heavy (non-hydrogen) atoms. The maximum atomic E-state index is 11.3. The molecule has 1 saturated carbocycles. The maximum Gasteiger partial charge on any atom is 0.308 e. The molecule has 2 atom stereocenters. The smallest absolute Gasteiger partial charge is 0.308 e. The van der Waals surface area contributed by atoms with Crippen molar-refractivity contribution in [3.05, 3.63) is 35.5 Å². The largest absolute Gasteiger partial charge is 0.427 e. The molecule has 2 heterocycles. The first-order valence-corrected chi connectivity index (χ1v) is 12.6. The third kappa shape index (κ3) is 5.56. The number of hydrogen-bond acceptors (Lipinski definition) is 8. The van der Waals surface area contributed by atoms with Gasteiger partial charge in [-0.05, 0) is 50.3 Å². The van der Waals surface area contributed by atoms with Gasteiger partial charge in [0.1, 0.15) is 5.75 Å². The predicted molar refractivity (Wildman–Crippen MR) is 138 cm³/mol. The zero-order valence-electron chi connectivity index (χ0n) is 21.3. The molecule has 0 spiro atoms. The summed E-state index contributed by atoms with van der Waals surface area (Å²) in [6, 6.07) is 7.89. The third-order valence-corrected chi connectivity index (χ3v) is 6.45. The van der Waals surface area contributed by atoms with Crippen LogP contribution in [0.3, 0.4) is 0 Å². The molecule has 1 aromatic carbocycles. The van der Waals surface area contributed by atoms with E-state index < -0.39 is 0 Å². The molecule has 4 rings (SSSR count). The van der Waals surface area contributed by atoms with Crippen molar-refractivity contribution in [1.82, 2.24) is 19.7 Å². The van der Waals surface area contributed by atoms with E-state index in [1.165, 1.54) is 13.3 Å². The number of nitrogens with zero attached hydrogens (tertiary/aromatic N) is 4. The number of carbonyl (C=O) groups is 1. The summed E-state index contributed by atoms with van der Waals surface area (Å²) < 4.78 is 7.44. The highest BCUT2D eigenvalue weighted by Gasteiger charge is 2.30. The Hall–Kier alpha value is -3.20. The van der Waals surface area contributed by atoms with Gasteiger partial charge in [0.25, 0.3) is 0 Å². The van der Waals surface area contributed by atoms with Crippen molar-refractivity contribution in [3.63, 3.8) is 0 Å². The van der Waals surface area contributed by atoms with Gasteiger partial charge in [-0.2, -0.15) is 10.1 Å². The van der Waals surface area contributed by atoms with Crippen LogP contribution >= 0.6 is 0 Å². The fourth-order valence-electron chi connectivity index (χ4n) is 4.73. The van der Waals surface area contributed by atoms with Crippen LogP contribution in [-0.4, -0.2) is 37.8 Å². The van der Waals surface area contributed by atoms with Crippen LogP contribution in [0.25, 0.3) is 11.4 Å². The van der Waals surface area contributed by atoms with Gasteiger partial charge < -0.3 is 25.7 Å². The molecule has 2 aliphatic heterocycles. The number of rotatable bonds is 8. The first-order chi connectivity index (χ1) is 16.7. The summed E-state index contributed by atoms with van der Waals surface area (Å²) in [5.41, 5.74) is 10.1. The van der Waals surface area contributed by atoms with Gasteiger partial charge in [-0.25, -0.2) is 0 Å². The number of hydrogen-bond donors (Lipinski definition) is 3. The molecule has 188 valence electrons. The summed E-state index contributed by atoms with van der Waals surface area (Å²) in [7, 11) is 0. The lowest BCUT2D eigenvalue weighted by Crippen LogP contribution is -2.43. The zero-order chi connectivity index (χ0) is 25.1. The standard InChI is InChI=1S/C26H37N7O2/c1-15(2)22-24-23(32-31-22)25(28-14-18-9-8-10-19(13-18)35-17(5)34)30-26(33(24)16(3)4)29-21-12-7-6-11-20(21)27/h8-10,13,15-16,20-21,28H,6-7,11-12,14,27H2,1-5H3,(H,29,30). The summed E-state index contributed by atoms with van der Waals surface area (Å²) in [4.78, 5) is 16.3. The average Bonchev–Trinajstić information content (AvgIpc) is 3.24. The molecule has 0 amide bonds. The molecule has 1 aromatic rings. The topological polar surface area (TPSA) is 120 Å². The average molecular weight is 480 g/mol. The van der Waals surface area contributed by atoms with Crippen LogP contribution < -0.4 is 21.1 Å². The van der Waals surface area contributed by atoms with E-state index >= 15 is 0 Å². The van der Waals surface area contributed by atoms with Gasteiger partial charge in [-0.1, -0.05) is 38.8 Å². The van der Waals surface area contributed by atoms with Gasteiger partial charge in [0.2, 0.25) is 5.95 Å². The minimum absolute atomic E-state index is 0.0998. The second-order valence-electron chi connectivity index (χ2n) is 9.98. The van der Waals surface area contributed by atoms with Crippen molar-refractivity contribution >= 4 is 17.7 Å². The second-order valence-corrected chi connectivity index (χ2v) is 9.98. The highest BCUT2D eigenvalue weighted by Crippen LogP contribution is 2.38. The Bertz CT molecular complexity index is 1140. The predicted octanol–water partition coefficient (Wildman–Crippen LogP) is 4.70. The summed E-state index contributed by atoms with van der Waals surface area (Å²) >= 11 is 0. The van der Waals surface area contributed by atoms with Crippen molar-refractivity contribution in [1.29, 1.82) is 0 Å². The molecule has 3 aliphatic rings. The quantitative estimate of drug-likeness (QED) is 0.314. The van der Waals surface area contributed by atoms with Crippen LogP contribution in [0.1, 0.15) is 83.5 Å². The number of fused-ring (bicyclic) bond motifs is 1. The normalized spacial score (nSPS) is 18.3. The summed E-state index contributed by atoms with van der Waals surface area (Å²) in [6.45, 7) is 10.5. The lowest BCUT2D eigenvalue weighted by atomic mass is 9.91. The summed E-state index contributed by atoms with van der Waals surface area (Å²) in [5, 5.41) is 16.2. The van der Waals surface area contributed by atoms with Crippen molar-refractivity contribution < 1.29 is 9.53 Å². The van der Waals surface area contributed by atoms with E-state index in [-0.39, 0.29) is 30.0 Å². The Morgan fingerprint density at radius 3 is 2.66 bits per heavy atom. The van der Waals surface area contributed by atoms with Crippen LogP contribution in [-0.2, 0) is 11.3 Å². The Labute approximate surface area is 207 Å². The molecule has 4 N–H and O–H groups in total. The van der Waals surface area contributed by atoms with Gasteiger partial charge in [0, 0.05) is 31.6 Å². The van der Waals surface area contributed by atoms with E-state index in [1.807, 2.05) is 18.2 Å². The van der Waals surface area contributed by atoms with E-state index in [0.29, 0.717) is 18.1 Å². The van der Waals surface area contributed by atoms with Crippen LogP contribution in [0.4, 0.5) is 11.8 Å². The molecular weight excluding hydrogens is 442 g/mol. The molecule has 1 fully saturated rings. The highest BCUT2D eigenvalue weighted by atomic mass is 16.5. The first kappa shape index (κ1) is 24.9. The lowest BCUT2D eigenvalue weighted by Gasteiger charge is -2.32. The Balaban J connectivity index is 1.72. The van der Waals surface area contributed by atoms with Crippen LogP contribution in [0.5, 0.6) is 5.75 Å². The monoisotopic (exact) mass is 479 g/mol. The summed E-state index contributed by atoms with van der Waals surface area (Å²) in [6.07, 6.45) is 4.38. The number of ether oxygens (including phenoxy) is 1. The molecule has 1 aliphatic carbocycles. The highest BCUT2D eigenvalue weighted by molar-refractivity contribution is 5.75. The Kier molecular flexibility index (Phi) is 7.54. The van der Waals surface area contributed by atoms with Crippen LogP contribution in [0.15, 0.2) is 24.3 Å². The Morgan fingerprint density at radius 2 is 1.97 bits per heavy atom. The fourth-order valence-corrected chi connectivity index (χ4v) is 4.73. The minimum Gasteiger partial charge on any atom is -0.427 e. The SMILES string of the molecule is CC(=O)Oc1cccc(CNc2nc(NC3CCCCC3N)n(C(C)C)c3c(C(C)C)nnc2-3)c1. The molecule has 0 radical (unpaired) electrons. The lowest BCUT2D eigenvalue weighted by molar-refractivity contribution is -0.131. The fraction of sp³-hybridized carbons (Fsp3) is 0.538. The van der Waals surface area contributed by atoms with Crippen molar-refractivity contribution in [2.24, 2.45) is 5.73 Å². The molecule has 9 nitrogen and oxygen atoms in total. The number of nitrogens with one attached hydrogen (secondary N) is 2. The van der Waals surface area contributed by atoms with E-state index in [0.717, 1.165) is 47.9 Å². The van der Waals surface area contributed by atoms with Crippen molar-refractivity contribution in [2.75, 3.05) is 10.6 Å². The first-order valence-electron chi connectivity index (χ1n) is 12.6. The van der Waals surface area contributed by atoms with Crippen molar-refractivity contribution in [3.8, 4) is 17.1 Å². The Morgan fingerprint density at radius 1 is 1.20 bits per heavy atom. The van der Waals surface area contributed by atoms with Gasteiger partial charge in [-0.15, -0.1) is 5.10 Å². The number of carbonyl (C=O) groups excluding carboxylic acids is 1. The number of nitrogens with two attached hydrogens (primary N) is 1. The van der Waals surface area contributed by atoms with Gasteiger partial charge in [0.15, 0.2) is 11.5 Å². The number of anilines is 2. The van der Waals surface area contributed by atoms with E-state index in [4.69, 9.17) is 15.5 Å². The molecule has 0 aromatic heterocycles. The minimum atomic E-state index is -0.343. The summed E-state index contributed by atoms with van der Waals surface area (Å²) in [5.74, 6) is 1.84. The van der Waals surface area contributed by atoms with Gasteiger partial charge in [-0.3, -0.25) is 4.79 Å². The molecule has 9 heteroatoms.